The monoisotopic (exact) mass is 395 g/mol. The molecular weight excluding hydrogens is 374 g/mol. The topological polar surface area (TPSA) is 65.2 Å². The Kier molecular flexibility index (Phi) is 5.09. The summed E-state index contributed by atoms with van der Waals surface area (Å²) in [5.74, 6) is -0.929. The summed E-state index contributed by atoms with van der Waals surface area (Å²) in [6.45, 7) is 3.03. The van der Waals surface area contributed by atoms with Crippen LogP contribution < -0.4 is 10.2 Å². The molecule has 28 heavy (non-hydrogen) atoms. The Hall–Kier alpha value is -2.79. The van der Waals surface area contributed by atoms with E-state index >= 15 is 0 Å². The summed E-state index contributed by atoms with van der Waals surface area (Å²) >= 11 is 6.16. The lowest BCUT2D eigenvalue weighted by Gasteiger charge is -2.26. The van der Waals surface area contributed by atoms with E-state index in [1.54, 1.807) is 4.90 Å². The van der Waals surface area contributed by atoms with Crippen molar-refractivity contribution in [1.82, 2.24) is 10.3 Å². The highest BCUT2D eigenvalue weighted by molar-refractivity contribution is 6.31. The van der Waals surface area contributed by atoms with Crippen LogP contribution in [0.25, 0.3) is 10.9 Å². The van der Waals surface area contributed by atoms with E-state index in [2.05, 4.69) is 10.3 Å². The van der Waals surface area contributed by atoms with Crippen LogP contribution in [0.1, 0.15) is 17.5 Å². The fraction of sp³-hybridized carbons (Fsp3) is 0.273. The molecule has 5 nitrogen and oxygen atoms in total. The first-order chi connectivity index (χ1) is 13.5. The maximum atomic E-state index is 13.2. The molecule has 2 amide bonds. The Bertz CT molecular complexity index is 1040. The minimum atomic E-state index is -0.614. The van der Waals surface area contributed by atoms with E-state index in [0.29, 0.717) is 31.0 Å². The van der Waals surface area contributed by atoms with E-state index in [1.807, 2.05) is 55.6 Å². The summed E-state index contributed by atoms with van der Waals surface area (Å²) in [5, 5.41) is 4.51. The maximum Gasteiger partial charge on any atom is 0.239 e. The SMILES string of the molecule is Cc1ccccc1N(CCc1c[nH]c2ccc(Cl)cc12)C(=O)C1CCNC1=O. The highest BCUT2D eigenvalue weighted by Crippen LogP contribution is 2.26. The summed E-state index contributed by atoms with van der Waals surface area (Å²) in [7, 11) is 0. The maximum absolute atomic E-state index is 13.2. The number of fused-ring (bicyclic) bond motifs is 1. The van der Waals surface area contributed by atoms with Crippen LogP contribution in [0.4, 0.5) is 5.69 Å². The minimum absolute atomic E-state index is 0.137. The summed E-state index contributed by atoms with van der Waals surface area (Å²) in [4.78, 5) is 30.3. The number of aryl methyl sites for hydroxylation is 1. The molecule has 0 radical (unpaired) electrons. The molecule has 0 spiro atoms. The van der Waals surface area contributed by atoms with Gasteiger partial charge >= 0.3 is 0 Å². The van der Waals surface area contributed by atoms with Crippen molar-refractivity contribution in [1.29, 1.82) is 0 Å². The molecule has 1 aromatic heterocycles. The molecule has 3 aromatic rings. The van der Waals surface area contributed by atoms with Crippen LogP contribution in [0.3, 0.4) is 0 Å². The van der Waals surface area contributed by atoms with E-state index in [-0.39, 0.29) is 11.8 Å². The van der Waals surface area contributed by atoms with Crippen LogP contribution in [0.15, 0.2) is 48.7 Å². The van der Waals surface area contributed by atoms with Crippen molar-refractivity contribution in [2.24, 2.45) is 5.92 Å². The first-order valence-corrected chi connectivity index (χ1v) is 9.82. The van der Waals surface area contributed by atoms with Gasteiger partial charge in [0.25, 0.3) is 0 Å². The molecule has 1 aliphatic heterocycles. The average molecular weight is 396 g/mol. The van der Waals surface area contributed by atoms with Crippen molar-refractivity contribution in [2.45, 2.75) is 19.8 Å². The van der Waals surface area contributed by atoms with Crippen molar-refractivity contribution in [3.63, 3.8) is 0 Å². The van der Waals surface area contributed by atoms with Crippen LogP contribution in [-0.4, -0.2) is 29.9 Å². The third-order valence-corrected chi connectivity index (χ3v) is 5.59. The van der Waals surface area contributed by atoms with Gasteiger partial charge in [-0.15, -0.1) is 0 Å². The highest BCUT2D eigenvalue weighted by atomic mass is 35.5. The molecule has 0 saturated carbocycles. The van der Waals surface area contributed by atoms with Gasteiger partial charge in [0.1, 0.15) is 5.92 Å². The van der Waals surface area contributed by atoms with Gasteiger partial charge < -0.3 is 15.2 Å². The number of hydrogen-bond acceptors (Lipinski definition) is 2. The molecule has 1 saturated heterocycles. The largest absolute Gasteiger partial charge is 0.361 e. The molecule has 1 aliphatic rings. The van der Waals surface area contributed by atoms with Crippen molar-refractivity contribution in [2.75, 3.05) is 18.0 Å². The van der Waals surface area contributed by atoms with Crippen LogP contribution in [0.5, 0.6) is 0 Å². The molecule has 1 atom stereocenters. The number of para-hydroxylation sites is 1. The number of carbonyl (C=O) groups is 2. The lowest BCUT2D eigenvalue weighted by molar-refractivity contribution is -0.131. The standard InChI is InChI=1S/C22H22ClN3O2/c1-14-4-2-3-5-20(14)26(22(28)17-8-10-24-21(17)27)11-9-15-13-25-19-7-6-16(23)12-18(15)19/h2-7,12-13,17,25H,8-11H2,1H3,(H,24,27). The van der Waals surface area contributed by atoms with Crippen molar-refractivity contribution >= 4 is 40.0 Å². The second-order valence-corrected chi connectivity index (χ2v) is 7.60. The molecule has 1 fully saturated rings. The van der Waals surface area contributed by atoms with Crippen LogP contribution in [-0.2, 0) is 16.0 Å². The summed E-state index contributed by atoms with van der Waals surface area (Å²) < 4.78 is 0. The molecule has 2 aromatic carbocycles. The summed E-state index contributed by atoms with van der Waals surface area (Å²) in [6.07, 6.45) is 3.17. The zero-order valence-corrected chi connectivity index (χ0v) is 16.4. The number of aromatic nitrogens is 1. The van der Waals surface area contributed by atoms with E-state index in [1.165, 1.54) is 0 Å². The van der Waals surface area contributed by atoms with Gasteiger partial charge in [-0.05, 0) is 55.2 Å². The van der Waals surface area contributed by atoms with Gasteiger partial charge in [-0.25, -0.2) is 0 Å². The molecule has 2 N–H and O–H groups in total. The number of aromatic amines is 1. The second-order valence-electron chi connectivity index (χ2n) is 7.16. The number of amides is 2. The quantitative estimate of drug-likeness (QED) is 0.644. The van der Waals surface area contributed by atoms with Crippen LogP contribution in [0.2, 0.25) is 5.02 Å². The van der Waals surface area contributed by atoms with Crippen molar-refractivity contribution < 1.29 is 9.59 Å². The Morgan fingerprint density at radius 3 is 2.82 bits per heavy atom. The van der Waals surface area contributed by atoms with E-state index in [4.69, 9.17) is 11.6 Å². The second kappa shape index (κ2) is 7.68. The number of anilines is 1. The van der Waals surface area contributed by atoms with E-state index < -0.39 is 5.92 Å². The van der Waals surface area contributed by atoms with E-state index in [0.717, 1.165) is 27.7 Å². The van der Waals surface area contributed by atoms with Gasteiger partial charge in [-0.2, -0.15) is 0 Å². The number of benzene rings is 2. The Labute approximate surface area is 168 Å². The molecular formula is C22H22ClN3O2. The number of nitrogens with one attached hydrogen (secondary N) is 2. The van der Waals surface area contributed by atoms with E-state index in [9.17, 15) is 9.59 Å². The molecule has 144 valence electrons. The molecule has 2 heterocycles. The number of H-pyrrole nitrogens is 1. The zero-order chi connectivity index (χ0) is 19.7. The van der Waals surface area contributed by atoms with Gasteiger partial charge in [0.2, 0.25) is 11.8 Å². The first-order valence-electron chi connectivity index (χ1n) is 9.45. The predicted octanol–water partition coefficient (Wildman–Crippen LogP) is 3.84. The number of carbonyl (C=O) groups excluding carboxylic acids is 2. The van der Waals surface area contributed by atoms with Gasteiger partial charge in [0.05, 0.1) is 0 Å². The average Bonchev–Trinajstić information content (AvgIpc) is 3.29. The van der Waals surface area contributed by atoms with Gasteiger partial charge in [-0.3, -0.25) is 9.59 Å². The van der Waals surface area contributed by atoms with Crippen molar-refractivity contribution in [3.05, 3.63) is 64.8 Å². The normalized spacial score (nSPS) is 16.4. The van der Waals surface area contributed by atoms with Gasteiger partial charge in [0, 0.05) is 40.9 Å². The molecule has 6 heteroatoms. The predicted molar refractivity (Wildman–Crippen MR) is 112 cm³/mol. The molecule has 0 bridgehead atoms. The highest BCUT2D eigenvalue weighted by Gasteiger charge is 2.35. The number of rotatable bonds is 5. The molecule has 0 aliphatic carbocycles. The zero-order valence-electron chi connectivity index (χ0n) is 15.7. The summed E-state index contributed by atoms with van der Waals surface area (Å²) in [5.41, 5.74) is 3.98. The Balaban J connectivity index is 1.63. The Morgan fingerprint density at radius 2 is 2.07 bits per heavy atom. The van der Waals surface area contributed by atoms with Gasteiger partial charge in [0.15, 0.2) is 0 Å². The fourth-order valence-electron chi connectivity index (χ4n) is 3.82. The smallest absolute Gasteiger partial charge is 0.239 e. The lowest BCUT2D eigenvalue weighted by atomic mass is 10.0. The molecule has 4 rings (SSSR count). The third-order valence-electron chi connectivity index (χ3n) is 5.35. The number of nitrogens with zero attached hydrogens (tertiary/aromatic N) is 1. The molecule has 1 unspecified atom stereocenters. The third kappa shape index (κ3) is 3.50. The number of halogens is 1. The first kappa shape index (κ1) is 18.6. The number of hydrogen-bond donors (Lipinski definition) is 2. The van der Waals surface area contributed by atoms with Crippen molar-refractivity contribution in [3.8, 4) is 0 Å². The summed E-state index contributed by atoms with van der Waals surface area (Å²) in [6, 6.07) is 13.5. The fourth-order valence-corrected chi connectivity index (χ4v) is 4.00. The van der Waals surface area contributed by atoms with Crippen LogP contribution in [0, 0.1) is 12.8 Å². The van der Waals surface area contributed by atoms with Crippen LogP contribution >= 0.6 is 11.6 Å². The van der Waals surface area contributed by atoms with Gasteiger partial charge in [-0.1, -0.05) is 29.8 Å². The lowest BCUT2D eigenvalue weighted by Crippen LogP contribution is -2.40. The Morgan fingerprint density at radius 1 is 1.25 bits per heavy atom. The minimum Gasteiger partial charge on any atom is -0.361 e.